The van der Waals surface area contributed by atoms with Crippen molar-refractivity contribution in [3.05, 3.63) is 65.7 Å². The summed E-state index contributed by atoms with van der Waals surface area (Å²) >= 11 is 0. The molecule has 2 aromatic carbocycles. The zero-order chi connectivity index (χ0) is 22.6. The topological polar surface area (TPSA) is 108 Å². The molecule has 0 unspecified atom stereocenters. The van der Waals surface area contributed by atoms with Gasteiger partial charge in [-0.25, -0.2) is 8.42 Å². The molecule has 0 radical (unpaired) electrons. The maximum absolute atomic E-state index is 13.6. The number of aryl methyl sites for hydroxylation is 1. The SMILES string of the molecule is CO[C@H]1O[C@H](COS(C)(=O)=O)[C@@H](S(=O)(=O)c2ccc(C)cc2)[C@@H]1NCc1ccccc1. The lowest BCUT2D eigenvalue weighted by Crippen LogP contribution is -2.49. The Morgan fingerprint density at radius 2 is 1.65 bits per heavy atom. The van der Waals surface area contributed by atoms with Crippen molar-refractivity contribution < 1.29 is 30.5 Å². The Bertz CT molecular complexity index is 1070. The van der Waals surface area contributed by atoms with E-state index in [1.165, 1.54) is 19.2 Å². The lowest BCUT2D eigenvalue weighted by Gasteiger charge is -2.25. The predicted molar refractivity (Wildman–Crippen MR) is 116 cm³/mol. The van der Waals surface area contributed by atoms with Crippen molar-refractivity contribution in [3.8, 4) is 0 Å². The maximum atomic E-state index is 13.6. The normalized spacial score (nSPS) is 24.4. The minimum absolute atomic E-state index is 0.124. The Morgan fingerprint density at radius 1 is 1.00 bits per heavy atom. The molecule has 1 saturated heterocycles. The highest BCUT2D eigenvalue weighted by atomic mass is 32.2. The van der Waals surface area contributed by atoms with Crippen LogP contribution in [0.3, 0.4) is 0 Å². The number of nitrogens with one attached hydrogen (secondary N) is 1. The molecule has 4 atom stereocenters. The van der Waals surface area contributed by atoms with Crippen molar-refractivity contribution >= 4 is 20.0 Å². The Balaban J connectivity index is 1.95. The van der Waals surface area contributed by atoms with Gasteiger partial charge in [-0.1, -0.05) is 48.0 Å². The highest BCUT2D eigenvalue weighted by Crippen LogP contribution is 2.32. The second-order valence-corrected chi connectivity index (χ2v) is 11.2. The van der Waals surface area contributed by atoms with E-state index in [2.05, 4.69) is 5.32 Å². The standard InChI is InChI=1S/C21H27NO7S2/c1-15-9-11-17(12-10-15)31(25,26)20-18(14-28-30(3,23)24)29-21(27-2)19(20)22-13-16-7-5-4-6-8-16/h4-12,18-22H,13-14H2,1-3H3/t18-,19+,20-,21+/m1/s1. The number of methoxy groups -OCH3 is 1. The minimum Gasteiger partial charge on any atom is -0.354 e. The smallest absolute Gasteiger partial charge is 0.264 e. The fraction of sp³-hybridized carbons (Fsp3) is 0.429. The summed E-state index contributed by atoms with van der Waals surface area (Å²) in [5, 5.41) is 2.11. The van der Waals surface area contributed by atoms with Crippen LogP contribution in [0.25, 0.3) is 0 Å². The third-order valence-corrected chi connectivity index (χ3v) is 7.90. The molecule has 0 spiro atoms. The summed E-state index contributed by atoms with van der Waals surface area (Å²) in [5.74, 6) is 0. The summed E-state index contributed by atoms with van der Waals surface area (Å²) in [7, 11) is -6.28. The molecule has 1 fully saturated rings. The zero-order valence-corrected chi connectivity index (χ0v) is 19.2. The van der Waals surface area contributed by atoms with Crippen molar-refractivity contribution in [1.82, 2.24) is 5.32 Å². The fourth-order valence-electron chi connectivity index (χ4n) is 3.57. The van der Waals surface area contributed by atoms with E-state index < -0.39 is 50.2 Å². The molecule has 1 heterocycles. The van der Waals surface area contributed by atoms with E-state index in [-0.39, 0.29) is 4.90 Å². The van der Waals surface area contributed by atoms with Crippen LogP contribution in [-0.2, 0) is 40.2 Å². The number of ether oxygens (including phenoxy) is 2. The average Bonchev–Trinajstić information content (AvgIpc) is 3.10. The average molecular weight is 470 g/mol. The maximum Gasteiger partial charge on any atom is 0.264 e. The molecule has 0 aliphatic carbocycles. The van der Waals surface area contributed by atoms with Gasteiger partial charge in [0, 0.05) is 13.7 Å². The van der Waals surface area contributed by atoms with Crippen LogP contribution < -0.4 is 5.32 Å². The van der Waals surface area contributed by atoms with Crippen LogP contribution in [0.2, 0.25) is 0 Å². The van der Waals surface area contributed by atoms with Gasteiger partial charge in [-0.3, -0.25) is 4.18 Å². The molecule has 31 heavy (non-hydrogen) atoms. The second-order valence-electron chi connectivity index (χ2n) is 7.48. The van der Waals surface area contributed by atoms with Gasteiger partial charge in [0.2, 0.25) is 0 Å². The van der Waals surface area contributed by atoms with Crippen LogP contribution in [0.5, 0.6) is 0 Å². The number of sulfone groups is 1. The Hall–Kier alpha value is -1.82. The zero-order valence-electron chi connectivity index (χ0n) is 17.6. The van der Waals surface area contributed by atoms with Gasteiger partial charge in [-0.2, -0.15) is 8.42 Å². The first-order valence-electron chi connectivity index (χ1n) is 9.72. The summed E-state index contributed by atoms with van der Waals surface area (Å²) in [6.07, 6.45) is -1.04. The number of benzene rings is 2. The molecular weight excluding hydrogens is 442 g/mol. The van der Waals surface area contributed by atoms with Crippen LogP contribution >= 0.6 is 0 Å². The summed E-state index contributed by atoms with van der Waals surface area (Å²) in [6, 6.07) is 15.2. The van der Waals surface area contributed by atoms with E-state index in [1.807, 2.05) is 37.3 Å². The number of hydrogen-bond acceptors (Lipinski definition) is 8. The van der Waals surface area contributed by atoms with Gasteiger partial charge in [0.15, 0.2) is 16.1 Å². The largest absolute Gasteiger partial charge is 0.354 e. The molecule has 8 nitrogen and oxygen atoms in total. The van der Waals surface area contributed by atoms with Gasteiger partial charge in [0.05, 0.1) is 23.8 Å². The number of rotatable bonds is 9. The van der Waals surface area contributed by atoms with E-state index in [4.69, 9.17) is 13.7 Å². The summed E-state index contributed by atoms with van der Waals surface area (Å²) in [5.41, 5.74) is 1.88. The molecule has 10 heteroatoms. The number of hydrogen-bond donors (Lipinski definition) is 1. The first kappa shape index (κ1) is 23.8. The first-order valence-corrected chi connectivity index (χ1v) is 13.1. The van der Waals surface area contributed by atoms with Crippen molar-refractivity contribution in [2.45, 2.75) is 42.0 Å². The lowest BCUT2D eigenvalue weighted by molar-refractivity contribution is -0.129. The molecule has 1 aliphatic rings. The molecule has 1 N–H and O–H groups in total. The monoisotopic (exact) mass is 469 g/mol. The molecule has 0 saturated carbocycles. The summed E-state index contributed by atoms with van der Waals surface area (Å²) in [6.45, 7) is 1.81. The lowest BCUT2D eigenvalue weighted by atomic mass is 10.1. The van der Waals surface area contributed by atoms with Crippen LogP contribution in [0.4, 0.5) is 0 Å². The third-order valence-electron chi connectivity index (χ3n) is 5.09. The van der Waals surface area contributed by atoms with Crippen LogP contribution in [0.15, 0.2) is 59.5 Å². The third kappa shape index (κ3) is 5.91. The van der Waals surface area contributed by atoms with Crippen molar-refractivity contribution in [1.29, 1.82) is 0 Å². The fourth-order valence-corrected chi connectivity index (χ4v) is 5.93. The Morgan fingerprint density at radius 3 is 2.23 bits per heavy atom. The molecule has 170 valence electrons. The Kier molecular flexibility index (Phi) is 7.51. The molecular formula is C21H27NO7S2. The summed E-state index contributed by atoms with van der Waals surface area (Å²) < 4.78 is 66.3. The van der Waals surface area contributed by atoms with Gasteiger partial charge < -0.3 is 14.8 Å². The molecule has 1 aliphatic heterocycles. The van der Waals surface area contributed by atoms with E-state index in [0.717, 1.165) is 17.4 Å². The quantitative estimate of drug-likeness (QED) is 0.553. The van der Waals surface area contributed by atoms with Crippen LogP contribution in [-0.4, -0.2) is 60.5 Å². The second kappa shape index (κ2) is 9.76. The summed E-state index contributed by atoms with van der Waals surface area (Å²) in [4.78, 5) is 0.124. The predicted octanol–water partition coefficient (Wildman–Crippen LogP) is 1.64. The highest BCUT2D eigenvalue weighted by Gasteiger charge is 2.52. The van der Waals surface area contributed by atoms with E-state index in [9.17, 15) is 16.8 Å². The molecule has 0 aromatic heterocycles. The van der Waals surface area contributed by atoms with E-state index in [1.54, 1.807) is 12.1 Å². The molecule has 3 rings (SSSR count). The van der Waals surface area contributed by atoms with Gasteiger partial charge in [-0.05, 0) is 24.6 Å². The van der Waals surface area contributed by atoms with E-state index in [0.29, 0.717) is 6.54 Å². The Labute approximate surface area is 183 Å². The van der Waals surface area contributed by atoms with Crippen LogP contribution in [0.1, 0.15) is 11.1 Å². The van der Waals surface area contributed by atoms with Crippen molar-refractivity contribution in [2.24, 2.45) is 0 Å². The molecule has 0 amide bonds. The first-order chi connectivity index (χ1) is 14.6. The minimum atomic E-state index is -3.91. The van der Waals surface area contributed by atoms with Crippen molar-refractivity contribution in [3.63, 3.8) is 0 Å². The van der Waals surface area contributed by atoms with Gasteiger partial charge in [-0.15, -0.1) is 0 Å². The van der Waals surface area contributed by atoms with Gasteiger partial charge >= 0.3 is 0 Å². The van der Waals surface area contributed by atoms with Gasteiger partial charge in [0.1, 0.15) is 11.4 Å². The van der Waals surface area contributed by atoms with Crippen LogP contribution in [0, 0.1) is 6.92 Å². The van der Waals surface area contributed by atoms with Gasteiger partial charge in [0.25, 0.3) is 10.1 Å². The molecule has 2 aromatic rings. The van der Waals surface area contributed by atoms with E-state index >= 15 is 0 Å². The van der Waals surface area contributed by atoms with Crippen molar-refractivity contribution in [2.75, 3.05) is 20.0 Å². The highest BCUT2D eigenvalue weighted by molar-refractivity contribution is 7.92. The molecule has 0 bridgehead atoms.